The van der Waals surface area contributed by atoms with Gasteiger partial charge in [-0.15, -0.1) is 6.42 Å². The smallest absolute Gasteiger partial charge is 0.186 e. The highest BCUT2D eigenvalue weighted by Gasteiger charge is 2.13. The van der Waals surface area contributed by atoms with E-state index in [9.17, 15) is 4.39 Å². The minimum atomic E-state index is -0.330. The van der Waals surface area contributed by atoms with E-state index >= 15 is 0 Å². The number of aromatic nitrogens is 2. The third kappa shape index (κ3) is 1.39. The second kappa shape index (κ2) is 3.39. The average molecular weight is 202 g/mol. The highest BCUT2D eigenvalue weighted by atomic mass is 19.1. The van der Waals surface area contributed by atoms with Crippen LogP contribution in [0.4, 0.5) is 4.39 Å². The standard InChI is InChI=1S/C12H11FN2/c1-4-11-14-12-9(13)6-5-7-10(12)15(11)8(2)3/h1,5-8H,2-3H3. The summed E-state index contributed by atoms with van der Waals surface area (Å²) in [6.07, 6.45) is 5.35. The summed E-state index contributed by atoms with van der Waals surface area (Å²) in [7, 11) is 0. The van der Waals surface area contributed by atoms with Crippen molar-refractivity contribution in [2.45, 2.75) is 19.9 Å². The molecule has 3 heteroatoms. The molecule has 2 nitrogen and oxygen atoms in total. The van der Waals surface area contributed by atoms with Gasteiger partial charge in [0.2, 0.25) is 0 Å². The number of fused-ring (bicyclic) bond motifs is 1. The Balaban J connectivity index is 2.88. The van der Waals surface area contributed by atoms with Gasteiger partial charge in [0.15, 0.2) is 11.6 Å². The van der Waals surface area contributed by atoms with Gasteiger partial charge in [-0.2, -0.15) is 0 Å². The van der Waals surface area contributed by atoms with Crippen LogP contribution in [-0.4, -0.2) is 9.55 Å². The predicted molar refractivity (Wildman–Crippen MR) is 58.0 cm³/mol. The molecule has 0 fully saturated rings. The van der Waals surface area contributed by atoms with E-state index < -0.39 is 0 Å². The van der Waals surface area contributed by atoms with Gasteiger partial charge < -0.3 is 4.57 Å². The first-order valence-corrected chi connectivity index (χ1v) is 4.78. The molecule has 1 aromatic heterocycles. The first kappa shape index (κ1) is 9.72. The normalized spacial score (nSPS) is 10.9. The summed E-state index contributed by atoms with van der Waals surface area (Å²) >= 11 is 0. The van der Waals surface area contributed by atoms with Crippen molar-refractivity contribution in [1.82, 2.24) is 9.55 Å². The van der Waals surface area contributed by atoms with E-state index in [1.54, 1.807) is 6.07 Å². The minimum Gasteiger partial charge on any atom is -0.315 e. The lowest BCUT2D eigenvalue weighted by Gasteiger charge is -2.09. The van der Waals surface area contributed by atoms with E-state index in [0.29, 0.717) is 11.3 Å². The van der Waals surface area contributed by atoms with E-state index in [2.05, 4.69) is 10.9 Å². The Hall–Kier alpha value is -1.82. The maximum absolute atomic E-state index is 13.4. The number of terminal acetylenes is 1. The van der Waals surface area contributed by atoms with Crippen LogP contribution in [0.5, 0.6) is 0 Å². The number of benzene rings is 1. The molecule has 0 aliphatic carbocycles. The quantitative estimate of drug-likeness (QED) is 0.650. The van der Waals surface area contributed by atoms with Crippen LogP contribution in [0.1, 0.15) is 25.7 Å². The Morgan fingerprint density at radius 2 is 2.20 bits per heavy atom. The van der Waals surface area contributed by atoms with Gasteiger partial charge in [0.1, 0.15) is 5.52 Å². The van der Waals surface area contributed by atoms with Crippen molar-refractivity contribution in [1.29, 1.82) is 0 Å². The molecule has 0 N–H and O–H groups in total. The SMILES string of the molecule is C#Cc1nc2c(F)cccc2n1C(C)C. The Bertz CT molecular complexity index is 546. The lowest BCUT2D eigenvalue weighted by molar-refractivity contribution is 0.610. The molecule has 1 heterocycles. The van der Waals surface area contributed by atoms with Crippen molar-refractivity contribution < 1.29 is 4.39 Å². The molecule has 2 aromatic rings. The van der Waals surface area contributed by atoms with Crippen LogP contribution in [0.2, 0.25) is 0 Å². The molecule has 0 saturated carbocycles. The maximum atomic E-state index is 13.4. The van der Waals surface area contributed by atoms with Gasteiger partial charge in [-0.25, -0.2) is 9.37 Å². The Labute approximate surface area is 87.7 Å². The van der Waals surface area contributed by atoms with Crippen molar-refractivity contribution in [2.75, 3.05) is 0 Å². The zero-order chi connectivity index (χ0) is 11.0. The second-order valence-electron chi connectivity index (χ2n) is 3.65. The predicted octanol–water partition coefficient (Wildman–Crippen LogP) is 2.74. The summed E-state index contributed by atoms with van der Waals surface area (Å²) in [6, 6.07) is 5.05. The molecule has 0 radical (unpaired) electrons. The third-order valence-electron chi connectivity index (χ3n) is 2.32. The molecule has 0 unspecified atom stereocenters. The van der Waals surface area contributed by atoms with Crippen LogP contribution in [0.25, 0.3) is 11.0 Å². The molecule has 0 amide bonds. The maximum Gasteiger partial charge on any atom is 0.186 e. The first-order valence-electron chi connectivity index (χ1n) is 4.78. The Kier molecular flexibility index (Phi) is 2.20. The minimum absolute atomic E-state index is 0.169. The summed E-state index contributed by atoms with van der Waals surface area (Å²) in [5, 5.41) is 0. The number of hydrogen-bond acceptors (Lipinski definition) is 1. The van der Waals surface area contributed by atoms with Crippen LogP contribution < -0.4 is 0 Å². The fourth-order valence-electron chi connectivity index (χ4n) is 1.71. The molecule has 15 heavy (non-hydrogen) atoms. The van der Waals surface area contributed by atoms with Gasteiger partial charge in [0.05, 0.1) is 5.52 Å². The molecule has 0 bridgehead atoms. The molecule has 0 aliphatic rings. The average Bonchev–Trinajstić information content (AvgIpc) is 2.57. The molecule has 2 rings (SSSR count). The summed E-state index contributed by atoms with van der Waals surface area (Å²) in [4.78, 5) is 4.10. The fraction of sp³-hybridized carbons (Fsp3) is 0.250. The highest BCUT2D eigenvalue weighted by Crippen LogP contribution is 2.22. The fourth-order valence-corrected chi connectivity index (χ4v) is 1.71. The van der Waals surface area contributed by atoms with Crippen molar-refractivity contribution in [3.8, 4) is 12.3 Å². The lowest BCUT2D eigenvalue weighted by atomic mass is 10.3. The van der Waals surface area contributed by atoms with Gasteiger partial charge in [0, 0.05) is 6.04 Å². The summed E-state index contributed by atoms with van der Waals surface area (Å²) < 4.78 is 15.3. The van der Waals surface area contributed by atoms with Crippen molar-refractivity contribution >= 4 is 11.0 Å². The van der Waals surface area contributed by atoms with Gasteiger partial charge in [-0.1, -0.05) is 6.07 Å². The van der Waals surface area contributed by atoms with E-state index in [1.165, 1.54) is 6.07 Å². The molecular formula is C12H11FN2. The first-order chi connectivity index (χ1) is 7.15. The van der Waals surface area contributed by atoms with Crippen LogP contribution in [0.15, 0.2) is 18.2 Å². The molecule has 0 atom stereocenters. The van der Waals surface area contributed by atoms with Crippen LogP contribution in [0.3, 0.4) is 0 Å². The highest BCUT2D eigenvalue weighted by molar-refractivity contribution is 5.77. The molecule has 0 spiro atoms. The molecule has 1 aromatic carbocycles. The van der Waals surface area contributed by atoms with Crippen LogP contribution in [-0.2, 0) is 0 Å². The number of hydrogen-bond donors (Lipinski definition) is 0. The summed E-state index contributed by atoms with van der Waals surface area (Å²) in [5.74, 6) is 2.63. The van der Waals surface area contributed by atoms with E-state index in [0.717, 1.165) is 5.52 Å². The zero-order valence-corrected chi connectivity index (χ0v) is 8.66. The van der Waals surface area contributed by atoms with Gasteiger partial charge in [-0.05, 0) is 31.9 Å². The Morgan fingerprint density at radius 3 is 2.80 bits per heavy atom. The van der Waals surface area contributed by atoms with E-state index in [1.807, 2.05) is 24.5 Å². The molecule has 76 valence electrons. The van der Waals surface area contributed by atoms with Gasteiger partial charge in [-0.3, -0.25) is 0 Å². The van der Waals surface area contributed by atoms with E-state index in [-0.39, 0.29) is 11.9 Å². The molecular weight excluding hydrogens is 191 g/mol. The molecule has 0 aliphatic heterocycles. The van der Waals surface area contributed by atoms with Gasteiger partial charge in [0.25, 0.3) is 0 Å². The molecule has 0 saturated heterocycles. The van der Waals surface area contributed by atoms with Crippen molar-refractivity contribution in [3.05, 3.63) is 29.8 Å². The summed E-state index contributed by atoms with van der Waals surface area (Å²) in [5.41, 5.74) is 1.09. The number of imidazole rings is 1. The van der Waals surface area contributed by atoms with Crippen LogP contribution in [0, 0.1) is 18.2 Å². The van der Waals surface area contributed by atoms with Crippen molar-refractivity contribution in [2.24, 2.45) is 0 Å². The number of nitrogens with zero attached hydrogens (tertiary/aromatic N) is 2. The Morgan fingerprint density at radius 1 is 1.47 bits per heavy atom. The largest absolute Gasteiger partial charge is 0.315 e. The topological polar surface area (TPSA) is 17.8 Å². The number of halogens is 1. The summed E-state index contributed by atoms with van der Waals surface area (Å²) in [6.45, 7) is 3.99. The lowest BCUT2D eigenvalue weighted by Crippen LogP contribution is -2.03. The number of rotatable bonds is 1. The van der Waals surface area contributed by atoms with Crippen molar-refractivity contribution in [3.63, 3.8) is 0 Å². The van der Waals surface area contributed by atoms with E-state index in [4.69, 9.17) is 6.42 Å². The van der Waals surface area contributed by atoms with Crippen LogP contribution >= 0.6 is 0 Å². The second-order valence-corrected chi connectivity index (χ2v) is 3.65. The van der Waals surface area contributed by atoms with Gasteiger partial charge >= 0.3 is 0 Å². The third-order valence-corrected chi connectivity index (χ3v) is 2.32. The number of para-hydroxylation sites is 1. The zero-order valence-electron chi connectivity index (χ0n) is 8.66. The monoisotopic (exact) mass is 202 g/mol.